The predicted octanol–water partition coefficient (Wildman–Crippen LogP) is 6.01. The van der Waals surface area contributed by atoms with Crippen molar-refractivity contribution in [1.82, 2.24) is 4.98 Å². The summed E-state index contributed by atoms with van der Waals surface area (Å²) in [6, 6.07) is 13.7. The lowest BCUT2D eigenvalue weighted by Crippen LogP contribution is -2.21. The summed E-state index contributed by atoms with van der Waals surface area (Å²) in [7, 11) is 0. The molecule has 0 atom stereocenters. The van der Waals surface area contributed by atoms with Gasteiger partial charge in [0, 0.05) is 16.1 Å². The van der Waals surface area contributed by atoms with Crippen molar-refractivity contribution >= 4 is 33.3 Å². The van der Waals surface area contributed by atoms with Gasteiger partial charge in [0.2, 0.25) is 5.88 Å². The molecular formula is C22H21BrFN3O3. The molecule has 156 valence electrons. The first-order valence-corrected chi connectivity index (χ1v) is 9.96. The van der Waals surface area contributed by atoms with E-state index < -0.39 is 11.8 Å². The van der Waals surface area contributed by atoms with Gasteiger partial charge in [-0.3, -0.25) is 9.78 Å². The van der Waals surface area contributed by atoms with Crippen molar-refractivity contribution < 1.29 is 13.9 Å². The topological polar surface area (TPSA) is 83.2 Å². The first kappa shape index (κ1) is 21.6. The minimum Gasteiger partial charge on any atom is -0.438 e. The van der Waals surface area contributed by atoms with Crippen molar-refractivity contribution in [3.63, 3.8) is 0 Å². The van der Waals surface area contributed by atoms with Crippen LogP contribution in [0.3, 0.4) is 0 Å². The summed E-state index contributed by atoms with van der Waals surface area (Å²) in [6.45, 7) is 6.13. The molecule has 1 aromatic heterocycles. The number of hydrogen-bond donors (Lipinski definition) is 3. The molecule has 6 nitrogen and oxygen atoms in total. The van der Waals surface area contributed by atoms with Crippen molar-refractivity contribution in [2.75, 3.05) is 10.6 Å². The lowest BCUT2D eigenvalue weighted by Gasteiger charge is -2.23. The summed E-state index contributed by atoms with van der Waals surface area (Å²) in [4.78, 5) is 26.8. The van der Waals surface area contributed by atoms with E-state index in [1.54, 1.807) is 12.1 Å². The van der Waals surface area contributed by atoms with E-state index in [1.807, 2.05) is 39.0 Å². The lowest BCUT2D eigenvalue weighted by atomic mass is 9.86. The standard InChI is InChI=1S/C22H21BrFN3O3/c1-22(2,3)14-6-4-5-7-18(14)30-20-17(10-11-19(28)27-20)26-21(29)25-16-9-8-13(23)12-15(16)24/h4-12H,1-3H3,(H,27,28)(H2,25,26,29). The van der Waals surface area contributed by atoms with Gasteiger partial charge in [0.15, 0.2) is 0 Å². The van der Waals surface area contributed by atoms with Crippen LogP contribution in [0.5, 0.6) is 11.6 Å². The predicted molar refractivity (Wildman–Crippen MR) is 119 cm³/mol. The van der Waals surface area contributed by atoms with Crippen LogP contribution in [0.25, 0.3) is 0 Å². The first-order valence-electron chi connectivity index (χ1n) is 9.17. The number of nitrogens with one attached hydrogen (secondary N) is 3. The largest absolute Gasteiger partial charge is 0.438 e. The van der Waals surface area contributed by atoms with Gasteiger partial charge in [0.25, 0.3) is 5.56 Å². The molecule has 1 heterocycles. The lowest BCUT2D eigenvalue weighted by molar-refractivity contribution is 0.262. The van der Waals surface area contributed by atoms with Gasteiger partial charge >= 0.3 is 6.03 Å². The molecule has 0 bridgehead atoms. The highest BCUT2D eigenvalue weighted by Gasteiger charge is 2.20. The number of aromatic nitrogens is 1. The number of aromatic amines is 1. The molecule has 2 amide bonds. The van der Waals surface area contributed by atoms with E-state index in [1.165, 1.54) is 24.3 Å². The van der Waals surface area contributed by atoms with Gasteiger partial charge < -0.3 is 15.4 Å². The van der Waals surface area contributed by atoms with Gasteiger partial charge in [0.1, 0.15) is 17.3 Å². The minimum absolute atomic E-state index is 0.0145. The molecule has 0 aliphatic rings. The third kappa shape index (κ3) is 5.27. The van der Waals surface area contributed by atoms with Crippen LogP contribution in [-0.4, -0.2) is 11.0 Å². The van der Waals surface area contributed by atoms with E-state index in [0.717, 1.165) is 5.56 Å². The Kier molecular flexibility index (Phi) is 6.26. The number of benzene rings is 2. The summed E-state index contributed by atoms with van der Waals surface area (Å²) < 4.78 is 20.5. The second kappa shape index (κ2) is 8.71. The number of urea groups is 1. The SMILES string of the molecule is CC(C)(C)c1ccccc1Oc1[nH]c(=O)ccc1NC(=O)Nc1ccc(Br)cc1F. The maximum Gasteiger partial charge on any atom is 0.323 e. The molecule has 0 spiro atoms. The summed E-state index contributed by atoms with van der Waals surface area (Å²) >= 11 is 3.17. The number of pyridine rings is 1. The Morgan fingerprint density at radius 3 is 2.40 bits per heavy atom. The number of anilines is 2. The van der Waals surface area contributed by atoms with Crippen LogP contribution in [0.2, 0.25) is 0 Å². The molecule has 0 aliphatic heterocycles. The van der Waals surface area contributed by atoms with E-state index in [0.29, 0.717) is 10.2 Å². The summed E-state index contributed by atoms with van der Waals surface area (Å²) in [6.07, 6.45) is 0. The monoisotopic (exact) mass is 473 g/mol. The highest BCUT2D eigenvalue weighted by Crippen LogP contribution is 2.35. The fourth-order valence-corrected chi connectivity index (χ4v) is 3.12. The number of rotatable bonds is 4. The van der Waals surface area contributed by atoms with Gasteiger partial charge in [-0.15, -0.1) is 0 Å². The smallest absolute Gasteiger partial charge is 0.323 e. The normalized spacial score (nSPS) is 11.1. The Hall–Kier alpha value is -3.13. The molecule has 0 aliphatic carbocycles. The highest BCUT2D eigenvalue weighted by atomic mass is 79.9. The number of carbonyl (C=O) groups is 1. The van der Waals surface area contributed by atoms with E-state index in [4.69, 9.17) is 4.74 Å². The van der Waals surface area contributed by atoms with Crippen molar-refractivity contribution in [2.24, 2.45) is 0 Å². The molecule has 0 fully saturated rings. The fraction of sp³-hybridized carbons (Fsp3) is 0.182. The van der Waals surface area contributed by atoms with E-state index in [9.17, 15) is 14.0 Å². The van der Waals surface area contributed by atoms with Crippen LogP contribution in [0.4, 0.5) is 20.6 Å². The first-order chi connectivity index (χ1) is 14.1. The Morgan fingerprint density at radius 2 is 1.70 bits per heavy atom. The molecule has 3 N–H and O–H groups in total. The second-order valence-electron chi connectivity index (χ2n) is 7.62. The fourth-order valence-electron chi connectivity index (χ4n) is 2.79. The van der Waals surface area contributed by atoms with Crippen LogP contribution in [-0.2, 0) is 5.41 Å². The number of H-pyrrole nitrogens is 1. The van der Waals surface area contributed by atoms with E-state index in [-0.39, 0.29) is 28.2 Å². The Labute approximate surface area is 181 Å². The van der Waals surface area contributed by atoms with Gasteiger partial charge in [-0.05, 0) is 35.7 Å². The van der Waals surface area contributed by atoms with Gasteiger partial charge in [-0.25, -0.2) is 9.18 Å². The van der Waals surface area contributed by atoms with E-state index in [2.05, 4.69) is 31.5 Å². The number of halogens is 2. The quantitative estimate of drug-likeness (QED) is 0.433. The molecule has 30 heavy (non-hydrogen) atoms. The average molecular weight is 474 g/mol. The van der Waals surface area contributed by atoms with Crippen LogP contribution < -0.4 is 20.9 Å². The molecular weight excluding hydrogens is 453 g/mol. The Bertz CT molecular complexity index is 1140. The van der Waals surface area contributed by atoms with Crippen LogP contribution >= 0.6 is 15.9 Å². The van der Waals surface area contributed by atoms with Gasteiger partial charge in [-0.1, -0.05) is 54.9 Å². The summed E-state index contributed by atoms with van der Waals surface area (Å²) in [5.74, 6) is 0.0384. The zero-order valence-electron chi connectivity index (χ0n) is 16.7. The number of hydrogen-bond acceptors (Lipinski definition) is 3. The third-order valence-corrected chi connectivity index (χ3v) is 4.71. The average Bonchev–Trinajstić information content (AvgIpc) is 2.66. The zero-order chi connectivity index (χ0) is 21.9. The Balaban J connectivity index is 1.86. The van der Waals surface area contributed by atoms with E-state index >= 15 is 0 Å². The summed E-state index contributed by atoms with van der Waals surface area (Å²) in [5.41, 5.74) is 0.592. The zero-order valence-corrected chi connectivity index (χ0v) is 18.3. The molecule has 8 heteroatoms. The summed E-state index contributed by atoms with van der Waals surface area (Å²) in [5, 5.41) is 5.02. The molecule has 0 radical (unpaired) electrons. The number of ether oxygens (including phenoxy) is 1. The number of amides is 2. The Morgan fingerprint density at radius 1 is 1.03 bits per heavy atom. The van der Waals surface area contributed by atoms with Crippen molar-refractivity contribution in [3.05, 3.63) is 80.8 Å². The van der Waals surface area contributed by atoms with Gasteiger partial charge in [0.05, 0.1) is 5.69 Å². The highest BCUT2D eigenvalue weighted by molar-refractivity contribution is 9.10. The minimum atomic E-state index is -0.683. The number of carbonyl (C=O) groups excluding carboxylic acids is 1. The second-order valence-corrected chi connectivity index (χ2v) is 8.53. The molecule has 2 aromatic carbocycles. The third-order valence-electron chi connectivity index (χ3n) is 4.22. The van der Waals surface area contributed by atoms with Gasteiger partial charge in [-0.2, -0.15) is 0 Å². The molecule has 3 aromatic rings. The van der Waals surface area contributed by atoms with Crippen molar-refractivity contribution in [1.29, 1.82) is 0 Å². The molecule has 0 saturated carbocycles. The van der Waals surface area contributed by atoms with Crippen molar-refractivity contribution in [2.45, 2.75) is 26.2 Å². The van der Waals surface area contributed by atoms with Crippen molar-refractivity contribution in [3.8, 4) is 11.6 Å². The molecule has 0 unspecified atom stereocenters. The molecule has 0 saturated heterocycles. The van der Waals surface area contributed by atoms with Crippen LogP contribution in [0.1, 0.15) is 26.3 Å². The maximum atomic E-state index is 14.0. The van der Waals surface area contributed by atoms with Crippen LogP contribution in [0.15, 0.2) is 63.9 Å². The maximum absolute atomic E-state index is 14.0. The number of para-hydroxylation sites is 1. The molecule has 3 rings (SSSR count). The van der Waals surface area contributed by atoms with Crippen LogP contribution in [0, 0.1) is 5.82 Å².